The SMILES string of the molecule is CC(=O)c1ccccc1OCCSC(C(=O)O)C(C)C. The molecule has 1 rings (SSSR count). The van der Waals surface area contributed by atoms with Crippen molar-refractivity contribution in [2.24, 2.45) is 5.92 Å². The first-order valence-electron chi connectivity index (χ1n) is 6.50. The molecule has 1 N–H and O–H groups in total. The molecule has 0 saturated heterocycles. The van der Waals surface area contributed by atoms with Gasteiger partial charge in [0.1, 0.15) is 11.0 Å². The van der Waals surface area contributed by atoms with Gasteiger partial charge in [-0.15, -0.1) is 11.8 Å². The summed E-state index contributed by atoms with van der Waals surface area (Å²) < 4.78 is 5.57. The minimum Gasteiger partial charge on any atom is -0.492 e. The van der Waals surface area contributed by atoms with Gasteiger partial charge in [0.2, 0.25) is 0 Å². The van der Waals surface area contributed by atoms with Gasteiger partial charge in [0, 0.05) is 5.75 Å². The monoisotopic (exact) mass is 296 g/mol. The third kappa shape index (κ3) is 4.89. The molecule has 0 saturated carbocycles. The molecule has 4 nitrogen and oxygen atoms in total. The summed E-state index contributed by atoms with van der Waals surface area (Å²) in [6.07, 6.45) is 0. The average Bonchev–Trinajstić information content (AvgIpc) is 2.37. The summed E-state index contributed by atoms with van der Waals surface area (Å²) in [6, 6.07) is 7.07. The van der Waals surface area contributed by atoms with Gasteiger partial charge in [-0.2, -0.15) is 0 Å². The van der Waals surface area contributed by atoms with Crippen LogP contribution in [0.1, 0.15) is 31.1 Å². The highest BCUT2D eigenvalue weighted by Crippen LogP contribution is 2.21. The second-order valence-corrected chi connectivity index (χ2v) is 6.02. The summed E-state index contributed by atoms with van der Waals surface area (Å²) >= 11 is 1.36. The molecule has 0 aliphatic rings. The number of aliphatic carboxylic acids is 1. The summed E-state index contributed by atoms with van der Waals surface area (Å²) in [7, 11) is 0. The molecule has 110 valence electrons. The topological polar surface area (TPSA) is 63.6 Å². The zero-order valence-corrected chi connectivity index (χ0v) is 12.8. The van der Waals surface area contributed by atoms with Gasteiger partial charge in [-0.25, -0.2) is 0 Å². The Bertz CT molecular complexity index is 471. The van der Waals surface area contributed by atoms with E-state index in [0.29, 0.717) is 23.7 Å². The van der Waals surface area contributed by atoms with Crippen LogP contribution in [-0.2, 0) is 4.79 Å². The molecule has 0 bridgehead atoms. The second-order valence-electron chi connectivity index (χ2n) is 4.77. The van der Waals surface area contributed by atoms with E-state index in [9.17, 15) is 9.59 Å². The van der Waals surface area contributed by atoms with Gasteiger partial charge in [0.05, 0.1) is 12.2 Å². The molecule has 1 aromatic carbocycles. The highest BCUT2D eigenvalue weighted by atomic mass is 32.2. The van der Waals surface area contributed by atoms with Crippen LogP contribution in [0.2, 0.25) is 0 Å². The highest BCUT2D eigenvalue weighted by molar-refractivity contribution is 8.00. The maximum Gasteiger partial charge on any atom is 0.316 e. The summed E-state index contributed by atoms with van der Waals surface area (Å²) in [4.78, 5) is 22.5. The minimum atomic E-state index is -0.797. The number of thioether (sulfide) groups is 1. The van der Waals surface area contributed by atoms with Crippen molar-refractivity contribution >= 4 is 23.5 Å². The van der Waals surface area contributed by atoms with E-state index in [0.717, 1.165) is 0 Å². The Kier molecular flexibility index (Phi) is 6.58. The molecule has 0 radical (unpaired) electrons. The number of rotatable bonds is 8. The summed E-state index contributed by atoms with van der Waals surface area (Å²) in [5, 5.41) is 8.64. The lowest BCUT2D eigenvalue weighted by Gasteiger charge is -2.16. The number of carboxylic acid groups (broad SMARTS) is 1. The predicted molar refractivity (Wildman–Crippen MR) is 80.7 cm³/mol. The van der Waals surface area contributed by atoms with Crippen molar-refractivity contribution in [3.8, 4) is 5.75 Å². The molecule has 1 atom stereocenters. The number of carboxylic acids is 1. The molecule has 0 aliphatic carbocycles. The molecule has 5 heteroatoms. The van der Waals surface area contributed by atoms with Gasteiger partial charge in [-0.05, 0) is 25.0 Å². The number of para-hydroxylation sites is 1. The van der Waals surface area contributed by atoms with Crippen LogP contribution in [0.4, 0.5) is 0 Å². The normalized spacial score (nSPS) is 12.2. The van der Waals surface area contributed by atoms with Gasteiger partial charge in [0.25, 0.3) is 0 Å². The molecule has 0 aromatic heterocycles. The minimum absolute atomic E-state index is 0.0427. The fraction of sp³-hybridized carbons (Fsp3) is 0.467. The number of ketones is 1. The first kappa shape index (κ1) is 16.6. The molecule has 20 heavy (non-hydrogen) atoms. The standard InChI is InChI=1S/C15H20O4S/c1-10(2)14(15(17)18)20-9-8-19-13-7-5-4-6-12(13)11(3)16/h4-7,10,14H,8-9H2,1-3H3,(H,17,18). The third-order valence-electron chi connectivity index (χ3n) is 2.75. The molecule has 1 aromatic rings. The number of Topliss-reactive ketones (excluding diaryl/α,β-unsaturated/α-hetero) is 1. The Morgan fingerprint density at radius 2 is 1.95 bits per heavy atom. The smallest absolute Gasteiger partial charge is 0.316 e. The van der Waals surface area contributed by atoms with E-state index < -0.39 is 11.2 Å². The molecule has 1 unspecified atom stereocenters. The van der Waals surface area contributed by atoms with Gasteiger partial charge < -0.3 is 9.84 Å². The van der Waals surface area contributed by atoms with E-state index in [1.54, 1.807) is 18.2 Å². The molecule has 0 heterocycles. The van der Waals surface area contributed by atoms with E-state index in [1.165, 1.54) is 18.7 Å². The Morgan fingerprint density at radius 3 is 2.50 bits per heavy atom. The lowest BCUT2D eigenvalue weighted by atomic mass is 10.1. The zero-order chi connectivity index (χ0) is 15.1. The number of hydrogen-bond donors (Lipinski definition) is 1. The lowest BCUT2D eigenvalue weighted by molar-refractivity contribution is -0.137. The molecule has 0 spiro atoms. The van der Waals surface area contributed by atoms with E-state index in [-0.39, 0.29) is 11.7 Å². The number of carbonyl (C=O) groups is 2. The molecule has 0 fully saturated rings. The number of carbonyl (C=O) groups excluding carboxylic acids is 1. The van der Waals surface area contributed by atoms with Crippen molar-refractivity contribution in [1.29, 1.82) is 0 Å². The average molecular weight is 296 g/mol. The molecular weight excluding hydrogens is 276 g/mol. The van der Waals surface area contributed by atoms with E-state index >= 15 is 0 Å². The lowest BCUT2D eigenvalue weighted by Crippen LogP contribution is -2.23. The van der Waals surface area contributed by atoms with Gasteiger partial charge >= 0.3 is 5.97 Å². The van der Waals surface area contributed by atoms with Crippen molar-refractivity contribution in [1.82, 2.24) is 0 Å². The van der Waals surface area contributed by atoms with E-state index in [4.69, 9.17) is 9.84 Å². The third-order valence-corrected chi connectivity index (χ3v) is 4.26. The van der Waals surface area contributed by atoms with Crippen LogP contribution in [0.5, 0.6) is 5.75 Å². The molecule has 0 amide bonds. The summed E-state index contributed by atoms with van der Waals surface area (Å²) in [5.74, 6) is 0.355. The molecular formula is C15H20O4S. The number of hydrogen-bond acceptors (Lipinski definition) is 4. The largest absolute Gasteiger partial charge is 0.492 e. The molecule has 0 aliphatic heterocycles. The predicted octanol–water partition coefficient (Wildman–Crippen LogP) is 3.11. The first-order chi connectivity index (χ1) is 9.43. The van der Waals surface area contributed by atoms with Crippen LogP contribution in [0.3, 0.4) is 0 Å². The maximum atomic E-state index is 11.4. The summed E-state index contributed by atoms with van der Waals surface area (Å²) in [5.41, 5.74) is 0.552. The number of benzene rings is 1. The summed E-state index contributed by atoms with van der Waals surface area (Å²) in [6.45, 7) is 5.65. The van der Waals surface area contributed by atoms with Crippen LogP contribution in [0.25, 0.3) is 0 Å². The first-order valence-corrected chi connectivity index (χ1v) is 7.55. The van der Waals surface area contributed by atoms with Crippen LogP contribution in [0.15, 0.2) is 24.3 Å². The zero-order valence-electron chi connectivity index (χ0n) is 12.0. The Labute approximate surface area is 123 Å². The van der Waals surface area contributed by atoms with Crippen LogP contribution < -0.4 is 4.74 Å². The second kappa shape index (κ2) is 7.94. The fourth-order valence-corrected chi connectivity index (χ4v) is 2.72. The Balaban J connectivity index is 2.49. The quantitative estimate of drug-likeness (QED) is 0.590. The highest BCUT2D eigenvalue weighted by Gasteiger charge is 2.21. The fourth-order valence-electron chi connectivity index (χ4n) is 1.76. The van der Waals surface area contributed by atoms with Crippen LogP contribution in [-0.4, -0.2) is 34.5 Å². The van der Waals surface area contributed by atoms with Crippen molar-refractivity contribution in [2.45, 2.75) is 26.0 Å². The number of ether oxygens (including phenoxy) is 1. The Hall–Kier alpha value is -1.49. The van der Waals surface area contributed by atoms with Crippen LogP contribution >= 0.6 is 11.8 Å². The van der Waals surface area contributed by atoms with E-state index in [2.05, 4.69) is 0 Å². The van der Waals surface area contributed by atoms with Crippen molar-refractivity contribution in [2.75, 3.05) is 12.4 Å². The van der Waals surface area contributed by atoms with E-state index in [1.807, 2.05) is 19.9 Å². The van der Waals surface area contributed by atoms with Gasteiger partial charge in [0.15, 0.2) is 5.78 Å². The van der Waals surface area contributed by atoms with Gasteiger partial charge in [-0.3, -0.25) is 9.59 Å². The maximum absolute atomic E-state index is 11.4. The van der Waals surface area contributed by atoms with Crippen LogP contribution in [0, 0.1) is 5.92 Å². The Morgan fingerprint density at radius 1 is 1.30 bits per heavy atom. The van der Waals surface area contributed by atoms with Crippen molar-refractivity contribution in [3.05, 3.63) is 29.8 Å². The van der Waals surface area contributed by atoms with Gasteiger partial charge in [-0.1, -0.05) is 26.0 Å². The van der Waals surface area contributed by atoms with Crippen molar-refractivity contribution < 1.29 is 19.4 Å². The van der Waals surface area contributed by atoms with Crippen molar-refractivity contribution in [3.63, 3.8) is 0 Å².